The molecule has 2 amide bonds. The minimum absolute atomic E-state index is 0.203. The van der Waals surface area contributed by atoms with Crippen molar-refractivity contribution in [1.82, 2.24) is 4.90 Å². The van der Waals surface area contributed by atoms with E-state index in [4.69, 9.17) is 16.3 Å². The molecule has 0 N–H and O–H groups in total. The van der Waals surface area contributed by atoms with Gasteiger partial charge in [0.05, 0.1) is 30.2 Å². The summed E-state index contributed by atoms with van der Waals surface area (Å²) in [5.41, 5.74) is 2.87. The van der Waals surface area contributed by atoms with Crippen molar-refractivity contribution in [1.29, 1.82) is 0 Å². The number of imide groups is 1. The summed E-state index contributed by atoms with van der Waals surface area (Å²) >= 11 is 6.06. The van der Waals surface area contributed by atoms with Crippen LogP contribution in [-0.2, 0) is 9.59 Å². The fourth-order valence-electron chi connectivity index (χ4n) is 5.92. The summed E-state index contributed by atoms with van der Waals surface area (Å²) in [6, 6.07) is 20.3. The summed E-state index contributed by atoms with van der Waals surface area (Å²) in [5.74, 6) is -1.65. The zero-order valence-corrected chi connectivity index (χ0v) is 21.7. The molecule has 192 valence electrons. The highest BCUT2D eigenvalue weighted by Crippen LogP contribution is 2.53. The van der Waals surface area contributed by atoms with Crippen molar-refractivity contribution in [2.75, 3.05) is 11.5 Å². The van der Waals surface area contributed by atoms with Crippen molar-refractivity contribution in [2.45, 2.75) is 31.8 Å². The van der Waals surface area contributed by atoms with Gasteiger partial charge in [-0.2, -0.15) is 0 Å². The molecule has 2 saturated heterocycles. The van der Waals surface area contributed by atoms with Gasteiger partial charge in [0.1, 0.15) is 11.8 Å². The molecule has 2 fully saturated rings. The van der Waals surface area contributed by atoms with Crippen molar-refractivity contribution >= 4 is 41.0 Å². The van der Waals surface area contributed by atoms with E-state index in [1.807, 2.05) is 41.4 Å². The lowest BCUT2D eigenvalue weighted by molar-refractivity contribution is -0.123. The minimum atomic E-state index is -0.813. The Morgan fingerprint density at radius 3 is 2.37 bits per heavy atom. The van der Waals surface area contributed by atoms with Gasteiger partial charge >= 0.3 is 0 Å². The fourth-order valence-corrected chi connectivity index (χ4v) is 6.05. The second-order valence-corrected chi connectivity index (χ2v) is 10.3. The maximum Gasteiger partial charge on any atom is 0.240 e. The third kappa shape index (κ3) is 3.91. The highest BCUT2D eigenvalue weighted by atomic mass is 35.5. The first-order valence-electron chi connectivity index (χ1n) is 12.9. The van der Waals surface area contributed by atoms with Gasteiger partial charge < -0.3 is 9.64 Å². The van der Waals surface area contributed by atoms with Crippen molar-refractivity contribution in [3.63, 3.8) is 0 Å². The number of halogens is 1. The quantitative estimate of drug-likeness (QED) is 0.217. The molecule has 6 rings (SSSR count). The van der Waals surface area contributed by atoms with Crippen LogP contribution in [0.15, 0.2) is 79.0 Å². The van der Waals surface area contributed by atoms with Crippen LogP contribution in [0.2, 0.25) is 5.02 Å². The standard InChI is InChI=1S/C31H27ClN2O4/c1-2-3-18-38-23-14-12-22(13-15-23)34-30(36)25-26(31(34)37)28(29(35)20-8-10-21(32)11-9-20)33-17-16-19-6-4-5-7-24(19)27(25)33/h4-17,25-28H,2-3,18H2,1H3/t25-,26+,27-,28-/m0/s1. The number of ketones is 1. The summed E-state index contributed by atoms with van der Waals surface area (Å²) in [6.45, 7) is 2.71. The van der Waals surface area contributed by atoms with E-state index in [1.165, 1.54) is 4.90 Å². The molecule has 7 heteroatoms. The van der Waals surface area contributed by atoms with Crippen molar-refractivity contribution in [2.24, 2.45) is 11.8 Å². The van der Waals surface area contributed by atoms with Crippen LogP contribution in [0.4, 0.5) is 5.69 Å². The largest absolute Gasteiger partial charge is 0.494 e. The Bertz CT molecular complexity index is 1430. The molecule has 3 aromatic carbocycles. The molecule has 4 atom stereocenters. The normalized spacial score (nSPS) is 23.3. The Hall–Kier alpha value is -3.90. The van der Waals surface area contributed by atoms with Gasteiger partial charge in [-0.05, 0) is 72.2 Å². The Kier molecular flexibility index (Phi) is 6.28. The number of unbranched alkanes of at least 4 members (excludes halogenated alkanes) is 1. The summed E-state index contributed by atoms with van der Waals surface area (Å²) in [4.78, 5) is 45.1. The van der Waals surface area contributed by atoms with Gasteiger partial charge in [-0.15, -0.1) is 0 Å². The molecule has 38 heavy (non-hydrogen) atoms. The first-order chi connectivity index (χ1) is 18.5. The van der Waals surface area contributed by atoms with Crippen molar-refractivity contribution < 1.29 is 19.1 Å². The van der Waals surface area contributed by atoms with Crippen molar-refractivity contribution in [3.05, 3.63) is 101 Å². The number of anilines is 1. The highest BCUT2D eigenvalue weighted by Gasteiger charge is 2.64. The van der Waals surface area contributed by atoms with Gasteiger partial charge in [-0.1, -0.05) is 49.2 Å². The van der Waals surface area contributed by atoms with Crippen LogP contribution in [0.1, 0.15) is 47.3 Å². The number of Topliss-reactive ketones (excluding diaryl/α,β-unsaturated/α-hetero) is 1. The van der Waals surface area contributed by atoms with Crippen LogP contribution in [0.3, 0.4) is 0 Å². The topological polar surface area (TPSA) is 66.9 Å². The zero-order chi connectivity index (χ0) is 26.4. The fraction of sp³-hybridized carbons (Fsp3) is 0.258. The number of carbonyl (C=O) groups is 3. The molecule has 3 aromatic rings. The molecule has 0 saturated carbocycles. The third-order valence-electron chi connectivity index (χ3n) is 7.72. The van der Waals surface area contributed by atoms with E-state index < -0.39 is 23.9 Å². The second-order valence-electron chi connectivity index (χ2n) is 9.91. The SMILES string of the molecule is CCCCOc1ccc(N2C(=O)[C@@H]3[C@H](C2=O)[C@@H]2c4ccccc4C=CN2[C@@H]3C(=O)c2ccc(Cl)cc2)cc1. The van der Waals surface area contributed by atoms with E-state index in [9.17, 15) is 14.4 Å². The zero-order valence-electron chi connectivity index (χ0n) is 20.9. The predicted molar refractivity (Wildman–Crippen MR) is 146 cm³/mol. The number of benzene rings is 3. The van der Waals surface area contributed by atoms with E-state index in [1.54, 1.807) is 48.5 Å². The molecule has 0 unspecified atom stereocenters. The average Bonchev–Trinajstić information content (AvgIpc) is 3.41. The van der Waals surface area contributed by atoms with Gasteiger partial charge in [0.15, 0.2) is 5.78 Å². The van der Waals surface area contributed by atoms with Crippen LogP contribution in [0.25, 0.3) is 6.08 Å². The first kappa shape index (κ1) is 24.4. The number of ether oxygens (including phenoxy) is 1. The molecular weight excluding hydrogens is 500 g/mol. The molecule has 0 radical (unpaired) electrons. The molecule has 3 heterocycles. The molecule has 3 aliphatic rings. The van der Waals surface area contributed by atoms with Crippen LogP contribution >= 0.6 is 11.6 Å². The summed E-state index contributed by atoms with van der Waals surface area (Å²) in [5, 5.41) is 0.524. The number of hydrogen-bond donors (Lipinski definition) is 0. The van der Waals surface area contributed by atoms with E-state index in [-0.39, 0.29) is 17.6 Å². The van der Waals surface area contributed by atoms with Crippen LogP contribution < -0.4 is 9.64 Å². The lowest BCUT2D eigenvalue weighted by Crippen LogP contribution is -2.44. The lowest BCUT2D eigenvalue weighted by atomic mass is 9.83. The van der Waals surface area contributed by atoms with Crippen molar-refractivity contribution in [3.8, 4) is 5.75 Å². The van der Waals surface area contributed by atoms with E-state index in [2.05, 4.69) is 6.92 Å². The van der Waals surface area contributed by atoms with E-state index >= 15 is 0 Å². The van der Waals surface area contributed by atoms with Crippen LogP contribution in [-0.4, -0.2) is 35.1 Å². The predicted octanol–water partition coefficient (Wildman–Crippen LogP) is 5.92. The molecule has 0 aromatic heterocycles. The van der Waals surface area contributed by atoms with Gasteiger partial charge in [0.2, 0.25) is 11.8 Å². The monoisotopic (exact) mass is 526 g/mol. The number of carbonyl (C=O) groups excluding carboxylic acids is 3. The lowest BCUT2D eigenvalue weighted by Gasteiger charge is -2.35. The minimum Gasteiger partial charge on any atom is -0.494 e. The third-order valence-corrected chi connectivity index (χ3v) is 7.97. The number of amides is 2. The van der Waals surface area contributed by atoms with Crippen LogP contribution in [0.5, 0.6) is 5.75 Å². The van der Waals surface area contributed by atoms with E-state index in [0.717, 1.165) is 24.0 Å². The number of rotatable bonds is 7. The second kappa shape index (κ2) is 9.76. The first-order valence-corrected chi connectivity index (χ1v) is 13.3. The van der Waals surface area contributed by atoms with Crippen LogP contribution in [0, 0.1) is 11.8 Å². The van der Waals surface area contributed by atoms with Gasteiger partial charge in [-0.3, -0.25) is 14.4 Å². The molecule has 0 aliphatic carbocycles. The summed E-state index contributed by atoms with van der Waals surface area (Å²) < 4.78 is 5.75. The van der Waals surface area contributed by atoms with Gasteiger partial charge in [0, 0.05) is 16.8 Å². The molecule has 0 bridgehead atoms. The molecule has 0 spiro atoms. The average molecular weight is 527 g/mol. The number of nitrogens with zero attached hydrogens (tertiary/aromatic N) is 2. The maximum absolute atomic E-state index is 14.0. The highest BCUT2D eigenvalue weighted by molar-refractivity contribution is 6.30. The van der Waals surface area contributed by atoms with Gasteiger partial charge in [-0.25, -0.2) is 4.90 Å². The van der Waals surface area contributed by atoms with E-state index in [0.29, 0.717) is 28.6 Å². The number of hydrogen-bond acceptors (Lipinski definition) is 5. The molecule has 6 nitrogen and oxygen atoms in total. The Morgan fingerprint density at radius 1 is 0.921 bits per heavy atom. The Balaban J connectivity index is 1.39. The maximum atomic E-state index is 14.0. The Labute approximate surface area is 226 Å². The molecular formula is C31H27ClN2O4. The summed E-state index contributed by atoms with van der Waals surface area (Å²) in [7, 11) is 0. The Morgan fingerprint density at radius 2 is 1.63 bits per heavy atom. The smallest absolute Gasteiger partial charge is 0.240 e. The number of fused-ring (bicyclic) bond motifs is 5. The van der Waals surface area contributed by atoms with Gasteiger partial charge in [0.25, 0.3) is 0 Å². The molecule has 3 aliphatic heterocycles. The summed E-state index contributed by atoms with van der Waals surface area (Å²) in [6.07, 6.45) is 5.78.